The zero-order valence-corrected chi connectivity index (χ0v) is 18.0. The molecule has 1 aliphatic rings. The largest absolute Gasteiger partial charge is 0.416 e. The lowest BCUT2D eigenvalue weighted by atomic mass is 10.0. The van der Waals surface area contributed by atoms with Crippen molar-refractivity contribution >= 4 is 5.91 Å². The zero-order valence-electron chi connectivity index (χ0n) is 18.0. The van der Waals surface area contributed by atoms with E-state index in [0.29, 0.717) is 6.54 Å². The molecule has 31 heavy (non-hydrogen) atoms. The summed E-state index contributed by atoms with van der Waals surface area (Å²) in [5, 5.41) is 3.14. The molecule has 0 spiro atoms. The van der Waals surface area contributed by atoms with E-state index >= 15 is 0 Å². The molecule has 7 heteroatoms. The Kier molecular flexibility index (Phi) is 7.73. The monoisotopic (exact) mass is 433 g/mol. The quantitative estimate of drug-likeness (QED) is 0.707. The molecule has 0 radical (unpaired) electrons. The summed E-state index contributed by atoms with van der Waals surface area (Å²) in [4.78, 5) is 16.9. The molecule has 168 valence electrons. The van der Waals surface area contributed by atoms with Crippen molar-refractivity contribution in [3.05, 3.63) is 71.3 Å². The highest BCUT2D eigenvalue weighted by Gasteiger charge is 2.30. The van der Waals surface area contributed by atoms with Gasteiger partial charge in [0.1, 0.15) is 0 Å². The van der Waals surface area contributed by atoms with E-state index in [1.807, 2.05) is 37.1 Å². The van der Waals surface area contributed by atoms with Crippen LogP contribution in [0.5, 0.6) is 0 Å². The highest BCUT2D eigenvalue weighted by Crippen LogP contribution is 2.29. The molecule has 0 aromatic heterocycles. The normalized spacial score (nSPS) is 17.0. The van der Waals surface area contributed by atoms with Crippen LogP contribution in [-0.4, -0.2) is 47.9 Å². The van der Waals surface area contributed by atoms with Gasteiger partial charge >= 0.3 is 6.18 Å². The molecule has 3 rings (SSSR count). The highest BCUT2D eigenvalue weighted by atomic mass is 19.4. The second-order valence-corrected chi connectivity index (χ2v) is 8.33. The van der Waals surface area contributed by atoms with Crippen molar-refractivity contribution in [1.82, 2.24) is 15.1 Å². The van der Waals surface area contributed by atoms with Crippen LogP contribution in [0.15, 0.2) is 54.6 Å². The van der Waals surface area contributed by atoms with Crippen LogP contribution in [-0.2, 0) is 24.1 Å². The standard InChI is InChI=1S/C24H30F3N3O/c1-18(29(2)16-20-8-10-21(11-9-20)24(25,26)27)23(31)28-22-12-14-30(15-13-22)17-19-6-4-3-5-7-19/h3-11,18,22H,12-17H2,1-2H3,(H,28,31). The van der Waals surface area contributed by atoms with Gasteiger partial charge in [0.05, 0.1) is 11.6 Å². The average molecular weight is 434 g/mol. The Morgan fingerprint density at radius 1 is 1.06 bits per heavy atom. The van der Waals surface area contributed by atoms with Gasteiger partial charge in [-0.2, -0.15) is 13.2 Å². The second-order valence-electron chi connectivity index (χ2n) is 8.33. The minimum Gasteiger partial charge on any atom is -0.352 e. The smallest absolute Gasteiger partial charge is 0.352 e. The van der Waals surface area contributed by atoms with Gasteiger partial charge in [0.25, 0.3) is 0 Å². The van der Waals surface area contributed by atoms with Crippen molar-refractivity contribution in [2.75, 3.05) is 20.1 Å². The van der Waals surface area contributed by atoms with E-state index in [0.717, 1.165) is 50.2 Å². The highest BCUT2D eigenvalue weighted by molar-refractivity contribution is 5.81. The van der Waals surface area contributed by atoms with Gasteiger partial charge in [-0.1, -0.05) is 42.5 Å². The number of hydrogen-bond acceptors (Lipinski definition) is 3. The molecule has 1 saturated heterocycles. The van der Waals surface area contributed by atoms with E-state index in [4.69, 9.17) is 0 Å². The molecular weight excluding hydrogens is 403 g/mol. The predicted molar refractivity (Wildman–Crippen MR) is 115 cm³/mol. The van der Waals surface area contributed by atoms with Crippen LogP contribution in [0, 0.1) is 0 Å². The number of carbonyl (C=O) groups excluding carboxylic acids is 1. The van der Waals surface area contributed by atoms with E-state index in [2.05, 4.69) is 22.3 Å². The van der Waals surface area contributed by atoms with Crippen molar-refractivity contribution in [3.8, 4) is 0 Å². The summed E-state index contributed by atoms with van der Waals surface area (Å²) in [6.07, 6.45) is -2.52. The Morgan fingerprint density at radius 3 is 2.26 bits per heavy atom. The van der Waals surface area contributed by atoms with Crippen LogP contribution >= 0.6 is 0 Å². The number of likely N-dealkylation sites (N-methyl/N-ethyl adjacent to an activating group) is 1. The molecule has 1 amide bonds. The lowest BCUT2D eigenvalue weighted by molar-refractivity contribution is -0.137. The Bertz CT molecular complexity index is 831. The zero-order chi connectivity index (χ0) is 22.4. The first kappa shape index (κ1) is 23.3. The van der Waals surface area contributed by atoms with Gasteiger partial charge in [-0.15, -0.1) is 0 Å². The van der Waals surface area contributed by atoms with E-state index in [9.17, 15) is 18.0 Å². The van der Waals surface area contributed by atoms with Gasteiger partial charge in [0.2, 0.25) is 5.91 Å². The Morgan fingerprint density at radius 2 is 1.68 bits per heavy atom. The van der Waals surface area contributed by atoms with Gasteiger partial charge in [0.15, 0.2) is 0 Å². The van der Waals surface area contributed by atoms with Gasteiger partial charge in [0, 0.05) is 32.2 Å². The third kappa shape index (κ3) is 6.80. The molecule has 1 aliphatic heterocycles. The molecule has 1 heterocycles. The number of alkyl halides is 3. The number of amides is 1. The Hall–Kier alpha value is -2.38. The van der Waals surface area contributed by atoms with Crippen LogP contribution < -0.4 is 5.32 Å². The predicted octanol–water partition coefficient (Wildman–Crippen LogP) is 4.31. The fraction of sp³-hybridized carbons (Fsp3) is 0.458. The van der Waals surface area contributed by atoms with Crippen molar-refractivity contribution in [1.29, 1.82) is 0 Å². The van der Waals surface area contributed by atoms with Crippen molar-refractivity contribution in [2.24, 2.45) is 0 Å². The summed E-state index contributed by atoms with van der Waals surface area (Å²) >= 11 is 0. The summed E-state index contributed by atoms with van der Waals surface area (Å²) < 4.78 is 38.1. The molecule has 1 N–H and O–H groups in total. The van der Waals surface area contributed by atoms with Gasteiger partial charge in [-0.05, 0) is 50.1 Å². The molecule has 2 aromatic rings. The number of nitrogens with one attached hydrogen (secondary N) is 1. The molecule has 2 aromatic carbocycles. The van der Waals surface area contributed by atoms with Crippen LogP contribution in [0.4, 0.5) is 13.2 Å². The topological polar surface area (TPSA) is 35.6 Å². The summed E-state index contributed by atoms with van der Waals surface area (Å²) in [6, 6.07) is 15.2. The first-order valence-electron chi connectivity index (χ1n) is 10.7. The summed E-state index contributed by atoms with van der Waals surface area (Å²) in [5.41, 5.74) is 1.37. The minimum absolute atomic E-state index is 0.0454. The average Bonchev–Trinajstić information content (AvgIpc) is 2.75. The maximum absolute atomic E-state index is 12.7. The van der Waals surface area contributed by atoms with E-state index in [-0.39, 0.29) is 18.0 Å². The molecule has 0 saturated carbocycles. The maximum Gasteiger partial charge on any atom is 0.416 e. The number of likely N-dealkylation sites (tertiary alicyclic amines) is 1. The number of benzene rings is 2. The van der Waals surface area contributed by atoms with Gasteiger partial charge in [-0.25, -0.2) is 0 Å². The third-order valence-corrected chi connectivity index (χ3v) is 5.94. The molecular formula is C24H30F3N3O. The first-order chi connectivity index (χ1) is 14.7. The molecule has 4 nitrogen and oxygen atoms in total. The van der Waals surface area contributed by atoms with Crippen molar-refractivity contribution in [2.45, 2.75) is 51.1 Å². The molecule has 0 aliphatic carbocycles. The van der Waals surface area contributed by atoms with Crippen LogP contribution in [0.3, 0.4) is 0 Å². The Balaban J connectivity index is 1.43. The van der Waals surface area contributed by atoms with Gasteiger partial charge in [-0.3, -0.25) is 14.6 Å². The first-order valence-corrected chi connectivity index (χ1v) is 10.7. The fourth-order valence-electron chi connectivity index (χ4n) is 3.82. The van der Waals surface area contributed by atoms with E-state index in [1.54, 1.807) is 0 Å². The molecule has 0 bridgehead atoms. The van der Waals surface area contributed by atoms with Crippen LogP contribution in [0.2, 0.25) is 0 Å². The fourth-order valence-corrected chi connectivity index (χ4v) is 3.82. The molecule has 1 atom stereocenters. The van der Waals surface area contributed by atoms with E-state index < -0.39 is 11.7 Å². The minimum atomic E-state index is -4.34. The Labute approximate surface area is 182 Å². The SMILES string of the molecule is CC(C(=O)NC1CCN(Cc2ccccc2)CC1)N(C)Cc1ccc(C(F)(F)F)cc1. The summed E-state index contributed by atoms with van der Waals surface area (Å²) in [7, 11) is 1.81. The van der Waals surface area contributed by atoms with E-state index in [1.165, 1.54) is 17.7 Å². The lowest BCUT2D eigenvalue weighted by Crippen LogP contribution is -2.50. The summed E-state index contributed by atoms with van der Waals surface area (Å²) in [6.45, 7) is 5.03. The summed E-state index contributed by atoms with van der Waals surface area (Å²) in [5.74, 6) is -0.0454. The number of rotatable bonds is 7. The number of hydrogen-bond donors (Lipinski definition) is 1. The second kappa shape index (κ2) is 10.3. The van der Waals surface area contributed by atoms with Gasteiger partial charge < -0.3 is 5.32 Å². The lowest BCUT2D eigenvalue weighted by Gasteiger charge is -2.33. The van der Waals surface area contributed by atoms with Crippen molar-refractivity contribution in [3.63, 3.8) is 0 Å². The third-order valence-electron chi connectivity index (χ3n) is 5.94. The molecule has 1 fully saturated rings. The van der Waals surface area contributed by atoms with Crippen LogP contribution in [0.1, 0.15) is 36.5 Å². The van der Waals surface area contributed by atoms with Crippen LogP contribution in [0.25, 0.3) is 0 Å². The maximum atomic E-state index is 12.7. The molecule has 1 unspecified atom stereocenters. The van der Waals surface area contributed by atoms with Crippen molar-refractivity contribution < 1.29 is 18.0 Å². The number of piperidine rings is 1. The number of nitrogens with zero attached hydrogens (tertiary/aromatic N) is 2. The number of carbonyl (C=O) groups is 1. The number of halogens is 3.